The van der Waals surface area contributed by atoms with Crippen LogP contribution in [0.3, 0.4) is 0 Å². The van der Waals surface area contributed by atoms with Crippen LogP contribution in [0, 0.1) is 0 Å². The lowest BCUT2D eigenvalue weighted by Crippen LogP contribution is -2.40. The zero-order valence-electron chi connectivity index (χ0n) is 12.4. The fourth-order valence-corrected chi connectivity index (χ4v) is 3.29. The third-order valence-corrected chi connectivity index (χ3v) is 4.47. The van der Waals surface area contributed by atoms with E-state index in [0.717, 1.165) is 6.42 Å². The molecule has 21 heavy (non-hydrogen) atoms. The summed E-state index contributed by atoms with van der Waals surface area (Å²) < 4.78 is 31.5. The van der Waals surface area contributed by atoms with E-state index in [2.05, 4.69) is 9.46 Å². The molecule has 2 N–H and O–H groups in total. The normalized spacial score (nSPS) is 14.5. The molecule has 0 heterocycles. The molecule has 6 nitrogen and oxygen atoms in total. The Kier molecular flexibility index (Phi) is 5.88. The fraction of sp³-hybridized carbons (Fsp3) is 0.500. The number of sulfonamides is 1. The predicted octanol–water partition coefficient (Wildman–Crippen LogP) is 1.30. The van der Waals surface area contributed by atoms with Crippen LogP contribution in [0.1, 0.15) is 37.0 Å². The van der Waals surface area contributed by atoms with E-state index in [1.165, 1.54) is 25.3 Å². The Morgan fingerprint density at radius 2 is 2.00 bits per heavy atom. The molecule has 0 aliphatic heterocycles. The van der Waals surface area contributed by atoms with Crippen molar-refractivity contribution in [1.29, 1.82) is 0 Å². The van der Waals surface area contributed by atoms with E-state index in [9.17, 15) is 18.3 Å². The minimum atomic E-state index is -3.91. The molecule has 0 saturated heterocycles. The van der Waals surface area contributed by atoms with Gasteiger partial charge in [0.1, 0.15) is 0 Å². The van der Waals surface area contributed by atoms with Gasteiger partial charge in [-0.1, -0.05) is 25.5 Å². The maximum absolute atomic E-state index is 12.3. The van der Waals surface area contributed by atoms with Gasteiger partial charge in [-0.15, -0.1) is 0 Å². The maximum Gasteiger partial charge on any atom is 0.339 e. The molecular weight excluding hydrogens is 294 g/mol. The summed E-state index contributed by atoms with van der Waals surface area (Å²) >= 11 is 0. The lowest BCUT2D eigenvalue weighted by atomic mass is 10.0. The summed E-state index contributed by atoms with van der Waals surface area (Å²) in [4.78, 5) is 11.5. The van der Waals surface area contributed by atoms with E-state index in [1.807, 2.05) is 6.92 Å². The number of nitrogens with one attached hydrogen (secondary N) is 1. The molecule has 0 radical (unpaired) electrons. The van der Waals surface area contributed by atoms with Gasteiger partial charge < -0.3 is 9.84 Å². The monoisotopic (exact) mass is 315 g/mol. The van der Waals surface area contributed by atoms with Gasteiger partial charge >= 0.3 is 5.97 Å². The number of methoxy groups -OCH3 is 1. The highest BCUT2D eigenvalue weighted by molar-refractivity contribution is 7.89. The number of ether oxygens (including phenoxy) is 1. The number of carbonyl (C=O) groups excluding carboxylic acids is 1. The minimum absolute atomic E-state index is 0.0392. The van der Waals surface area contributed by atoms with Gasteiger partial charge in [0.15, 0.2) is 0 Å². The van der Waals surface area contributed by atoms with Crippen LogP contribution < -0.4 is 4.72 Å². The molecule has 0 fully saturated rings. The van der Waals surface area contributed by atoms with Crippen LogP contribution in [0.4, 0.5) is 0 Å². The number of hydrogen-bond acceptors (Lipinski definition) is 5. The summed E-state index contributed by atoms with van der Waals surface area (Å²) in [6, 6.07) is 5.78. The number of benzene rings is 1. The first-order valence-electron chi connectivity index (χ1n) is 6.63. The molecule has 7 heteroatoms. The highest BCUT2D eigenvalue weighted by Crippen LogP contribution is 2.18. The van der Waals surface area contributed by atoms with Gasteiger partial charge in [-0.3, -0.25) is 0 Å². The Bertz CT molecular complexity index is 595. The van der Waals surface area contributed by atoms with Crippen molar-refractivity contribution in [2.75, 3.05) is 13.7 Å². The molecule has 118 valence electrons. The van der Waals surface area contributed by atoms with Crippen molar-refractivity contribution in [1.82, 2.24) is 4.72 Å². The van der Waals surface area contributed by atoms with Gasteiger partial charge in [0.2, 0.25) is 10.0 Å². The SMILES string of the molecule is CCCC(C)(O)CNS(=O)(=O)c1ccccc1C(=O)OC. The molecule has 0 bridgehead atoms. The van der Waals surface area contributed by atoms with E-state index < -0.39 is 21.6 Å². The molecule has 0 spiro atoms. The lowest BCUT2D eigenvalue weighted by Gasteiger charge is -2.23. The molecule has 0 aliphatic carbocycles. The molecule has 1 aromatic carbocycles. The van der Waals surface area contributed by atoms with E-state index in [1.54, 1.807) is 13.0 Å². The van der Waals surface area contributed by atoms with Crippen LogP contribution in [-0.4, -0.2) is 38.7 Å². The standard InChI is InChI=1S/C14H21NO5S/c1-4-9-14(2,17)10-15-21(18,19)12-8-6-5-7-11(12)13(16)20-3/h5-8,15,17H,4,9-10H2,1-3H3. The van der Waals surface area contributed by atoms with E-state index in [4.69, 9.17) is 0 Å². The van der Waals surface area contributed by atoms with Gasteiger partial charge in [0.25, 0.3) is 0 Å². The quantitative estimate of drug-likeness (QED) is 0.740. The molecule has 0 amide bonds. The Balaban J connectivity index is 3.02. The van der Waals surface area contributed by atoms with Crippen molar-refractivity contribution in [3.63, 3.8) is 0 Å². The van der Waals surface area contributed by atoms with Crippen LogP contribution >= 0.6 is 0 Å². The zero-order chi connectivity index (χ0) is 16.1. The van der Waals surface area contributed by atoms with Crippen molar-refractivity contribution >= 4 is 16.0 Å². The van der Waals surface area contributed by atoms with Crippen LogP contribution in [0.15, 0.2) is 29.2 Å². The molecule has 0 saturated carbocycles. The van der Waals surface area contributed by atoms with Gasteiger partial charge in [0, 0.05) is 6.54 Å². The second-order valence-electron chi connectivity index (χ2n) is 5.06. The zero-order valence-corrected chi connectivity index (χ0v) is 13.2. The number of carbonyl (C=O) groups is 1. The number of esters is 1. The van der Waals surface area contributed by atoms with E-state index in [0.29, 0.717) is 6.42 Å². The largest absolute Gasteiger partial charge is 0.465 e. The first kappa shape index (κ1) is 17.6. The number of rotatable bonds is 7. The summed E-state index contributed by atoms with van der Waals surface area (Å²) in [6.07, 6.45) is 1.20. The Morgan fingerprint density at radius 3 is 2.57 bits per heavy atom. The molecule has 0 aromatic heterocycles. The molecule has 1 atom stereocenters. The highest BCUT2D eigenvalue weighted by atomic mass is 32.2. The molecule has 1 unspecified atom stereocenters. The number of hydrogen-bond donors (Lipinski definition) is 2. The average Bonchev–Trinajstić information content (AvgIpc) is 2.44. The van der Waals surface area contributed by atoms with Crippen molar-refractivity contribution in [3.8, 4) is 0 Å². The van der Waals surface area contributed by atoms with Crippen molar-refractivity contribution in [3.05, 3.63) is 29.8 Å². The molecule has 0 aliphatic rings. The predicted molar refractivity (Wildman–Crippen MR) is 78.5 cm³/mol. The smallest absolute Gasteiger partial charge is 0.339 e. The summed E-state index contributed by atoms with van der Waals surface area (Å²) in [7, 11) is -2.72. The molecule has 1 rings (SSSR count). The summed E-state index contributed by atoms with van der Waals surface area (Å²) in [5.74, 6) is -0.726. The summed E-state index contributed by atoms with van der Waals surface area (Å²) in [6.45, 7) is 3.33. The second-order valence-corrected chi connectivity index (χ2v) is 6.79. The summed E-state index contributed by atoms with van der Waals surface area (Å²) in [5, 5.41) is 10.0. The Morgan fingerprint density at radius 1 is 1.38 bits per heavy atom. The van der Waals surface area contributed by atoms with Crippen molar-refractivity contribution in [2.45, 2.75) is 37.2 Å². The van der Waals surface area contributed by atoms with Crippen LogP contribution in [0.25, 0.3) is 0 Å². The van der Waals surface area contributed by atoms with E-state index in [-0.39, 0.29) is 17.0 Å². The van der Waals surface area contributed by atoms with Crippen molar-refractivity contribution < 1.29 is 23.1 Å². The number of aliphatic hydroxyl groups is 1. The van der Waals surface area contributed by atoms with Gasteiger partial charge in [-0.25, -0.2) is 17.9 Å². The van der Waals surface area contributed by atoms with Gasteiger partial charge in [0.05, 0.1) is 23.2 Å². The van der Waals surface area contributed by atoms with Crippen molar-refractivity contribution in [2.24, 2.45) is 0 Å². The average molecular weight is 315 g/mol. The molecule has 1 aromatic rings. The van der Waals surface area contributed by atoms with Gasteiger partial charge in [-0.05, 0) is 25.5 Å². The Labute approximate surface area is 125 Å². The molecular formula is C14H21NO5S. The lowest BCUT2D eigenvalue weighted by molar-refractivity contribution is 0.0554. The van der Waals surface area contributed by atoms with Crippen LogP contribution in [-0.2, 0) is 14.8 Å². The van der Waals surface area contributed by atoms with Crippen LogP contribution in [0.2, 0.25) is 0 Å². The topological polar surface area (TPSA) is 92.7 Å². The van der Waals surface area contributed by atoms with E-state index >= 15 is 0 Å². The van der Waals surface area contributed by atoms with Crippen LogP contribution in [0.5, 0.6) is 0 Å². The maximum atomic E-state index is 12.3. The summed E-state index contributed by atoms with van der Waals surface area (Å²) in [5.41, 5.74) is -1.18. The Hall–Kier alpha value is -1.44. The first-order chi connectivity index (χ1) is 9.73. The van der Waals surface area contributed by atoms with Gasteiger partial charge in [-0.2, -0.15) is 0 Å². The second kappa shape index (κ2) is 7.02. The highest BCUT2D eigenvalue weighted by Gasteiger charge is 2.26. The fourth-order valence-electron chi connectivity index (χ4n) is 1.93. The minimum Gasteiger partial charge on any atom is -0.465 e. The third-order valence-electron chi connectivity index (χ3n) is 3.01. The first-order valence-corrected chi connectivity index (χ1v) is 8.11. The third kappa shape index (κ3) is 4.80.